The highest BCUT2D eigenvalue weighted by atomic mass is 35.5. The molecule has 1 amide bonds. The van der Waals surface area contributed by atoms with Gasteiger partial charge in [0.05, 0.1) is 4.92 Å². The van der Waals surface area contributed by atoms with E-state index in [9.17, 15) is 14.9 Å². The third kappa shape index (κ3) is 5.23. The number of non-ortho nitro benzene ring substituents is 1. The predicted molar refractivity (Wildman–Crippen MR) is 76.0 cm³/mol. The maximum atomic E-state index is 11.8. The summed E-state index contributed by atoms with van der Waals surface area (Å²) in [7, 11) is 1.85. The van der Waals surface area contributed by atoms with E-state index in [1.807, 2.05) is 7.05 Å². The molecule has 0 heterocycles. The van der Waals surface area contributed by atoms with E-state index in [1.165, 1.54) is 18.2 Å². The van der Waals surface area contributed by atoms with E-state index in [0.29, 0.717) is 17.7 Å². The van der Waals surface area contributed by atoms with E-state index in [0.717, 1.165) is 13.0 Å². The van der Waals surface area contributed by atoms with Crippen molar-refractivity contribution in [3.05, 3.63) is 39.4 Å². The Balaban J connectivity index is 0.00000324. The highest BCUT2D eigenvalue weighted by Crippen LogP contribution is 2.16. The van der Waals surface area contributed by atoms with Crippen molar-refractivity contribution in [3.8, 4) is 0 Å². The molecule has 0 aliphatic heterocycles. The Morgan fingerprint density at radius 3 is 2.58 bits per heavy atom. The first-order chi connectivity index (χ1) is 8.56. The van der Waals surface area contributed by atoms with Crippen LogP contribution >= 0.6 is 12.4 Å². The number of hydrogen-bond acceptors (Lipinski definition) is 4. The minimum Gasteiger partial charge on any atom is -0.352 e. The van der Waals surface area contributed by atoms with Crippen LogP contribution in [-0.4, -0.2) is 31.0 Å². The molecule has 0 aliphatic carbocycles. The third-order valence-electron chi connectivity index (χ3n) is 2.55. The van der Waals surface area contributed by atoms with Gasteiger partial charge in [-0.05, 0) is 38.6 Å². The molecule has 1 aromatic carbocycles. The standard InChI is InChI=1S/C12H17N3O3.ClH/c1-9-8-10(15(17)18)4-5-11(9)12(16)14-7-3-6-13-2;/h4-5,8,13H,3,6-7H2,1-2H3,(H,14,16);1H. The molecule has 0 fully saturated rings. The summed E-state index contributed by atoms with van der Waals surface area (Å²) in [5.74, 6) is -0.196. The molecule has 0 saturated heterocycles. The molecule has 0 unspecified atom stereocenters. The van der Waals surface area contributed by atoms with Gasteiger partial charge in [-0.15, -0.1) is 12.4 Å². The van der Waals surface area contributed by atoms with Crippen molar-refractivity contribution in [2.45, 2.75) is 13.3 Å². The number of halogens is 1. The van der Waals surface area contributed by atoms with Gasteiger partial charge in [-0.2, -0.15) is 0 Å². The van der Waals surface area contributed by atoms with Crippen molar-refractivity contribution in [3.63, 3.8) is 0 Å². The summed E-state index contributed by atoms with van der Waals surface area (Å²) in [6.45, 7) is 3.10. The van der Waals surface area contributed by atoms with Gasteiger partial charge in [-0.25, -0.2) is 0 Å². The molecule has 0 bridgehead atoms. The average molecular weight is 288 g/mol. The zero-order chi connectivity index (χ0) is 13.5. The first-order valence-electron chi connectivity index (χ1n) is 5.74. The van der Waals surface area contributed by atoms with Crippen molar-refractivity contribution in [1.82, 2.24) is 10.6 Å². The summed E-state index contributed by atoms with van der Waals surface area (Å²) in [6.07, 6.45) is 0.842. The van der Waals surface area contributed by atoms with Crippen LogP contribution in [0.15, 0.2) is 18.2 Å². The Kier molecular flexibility index (Phi) is 7.71. The van der Waals surface area contributed by atoms with Crippen molar-refractivity contribution < 1.29 is 9.72 Å². The van der Waals surface area contributed by atoms with E-state index in [-0.39, 0.29) is 24.0 Å². The Morgan fingerprint density at radius 2 is 2.05 bits per heavy atom. The molecule has 6 nitrogen and oxygen atoms in total. The molecule has 1 rings (SSSR count). The van der Waals surface area contributed by atoms with Crippen molar-refractivity contribution in [1.29, 1.82) is 0 Å². The third-order valence-corrected chi connectivity index (χ3v) is 2.55. The molecule has 19 heavy (non-hydrogen) atoms. The highest BCUT2D eigenvalue weighted by Gasteiger charge is 2.12. The molecule has 0 aromatic heterocycles. The quantitative estimate of drug-likeness (QED) is 0.473. The number of carbonyl (C=O) groups is 1. The van der Waals surface area contributed by atoms with Crippen molar-refractivity contribution in [2.24, 2.45) is 0 Å². The lowest BCUT2D eigenvalue weighted by atomic mass is 10.1. The number of aryl methyl sites for hydroxylation is 1. The summed E-state index contributed by atoms with van der Waals surface area (Å²) in [5, 5.41) is 16.3. The lowest BCUT2D eigenvalue weighted by Gasteiger charge is -2.07. The molecule has 0 saturated carbocycles. The van der Waals surface area contributed by atoms with Crippen LogP contribution in [0.3, 0.4) is 0 Å². The average Bonchev–Trinajstić information content (AvgIpc) is 2.34. The van der Waals surface area contributed by atoms with Gasteiger partial charge in [0.25, 0.3) is 11.6 Å². The van der Waals surface area contributed by atoms with Gasteiger partial charge in [-0.3, -0.25) is 14.9 Å². The fourth-order valence-electron chi connectivity index (χ4n) is 1.58. The normalized spacial score (nSPS) is 9.58. The maximum absolute atomic E-state index is 11.8. The van der Waals surface area contributed by atoms with Gasteiger partial charge >= 0.3 is 0 Å². The van der Waals surface area contributed by atoms with Crippen LogP contribution in [0.2, 0.25) is 0 Å². The molecular weight excluding hydrogens is 270 g/mol. The molecule has 0 atom stereocenters. The zero-order valence-corrected chi connectivity index (χ0v) is 11.8. The summed E-state index contributed by atoms with van der Waals surface area (Å²) in [4.78, 5) is 21.9. The molecule has 2 N–H and O–H groups in total. The van der Waals surface area contributed by atoms with Gasteiger partial charge in [-0.1, -0.05) is 0 Å². The molecule has 106 valence electrons. The van der Waals surface area contributed by atoms with Gasteiger partial charge < -0.3 is 10.6 Å². The Morgan fingerprint density at radius 1 is 1.37 bits per heavy atom. The van der Waals surface area contributed by atoms with Crippen LogP contribution in [0.4, 0.5) is 5.69 Å². The predicted octanol–water partition coefficient (Wildman–Crippen LogP) is 1.66. The number of nitro benzene ring substituents is 1. The van der Waals surface area contributed by atoms with Crippen LogP contribution < -0.4 is 10.6 Å². The first kappa shape index (κ1) is 17.3. The highest BCUT2D eigenvalue weighted by molar-refractivity contribution is 5.95. The smallest absolute Gasteiger partial charge is 0.269 e. The minimum absolute atomic E-state index is 0. The Labute approximate surface area is 118 Å². The van der Waals surface area contributed by atoms with Gasteiger partial charge in [0.1, 0.15) is 0 Å². The first-order valence-corrected chi connectivity index (χ1v) is 5.74. The van der Waals surface area contributed by atoms with Crippen LogP contribution in [0.25, 0.3) is 0 Å². The minimum atomic E-state index is -0.471. The van der Waals surface area contributed by atoms with Gasteiger partial charge in [0.2, 0.25) is 0 Å². The molecule has 0 spiro atoms. The summed E-state index contributed by atoms with van der Waals surface area (Å²) in [5.41, 5.74) is 1.08. The SMILES string of the molecule is CNCCCNC(=O)c1ccc([N+](=O)[O-])cc1C.Cl. The van der Waals surface area contributed by atoms with E-state index in [2.05, 4.69) is 10.6 Å². The van der Waals surface area contributed by atoms with E-state index >= 15 is 0 Å². The van der Waals surface area contributed by atoms with Crippen LogP contribution in [0, 0.1) is 17.0 Å². The number of nitro groups is 1. The van der Waals surface area contributed by atoms with E-state index in [4.69, 9.17) is 0 Å². The lowest BCUT2D eigenvalue weighted by molar-refractivity contribution is -0.384. The van der Waals surface area contributed by atoms with Crippen LogP contribution in [0.5, 0.6) is 0 Å². The number of rotatable bonds is 6. The molecule has 0 aliphatic rings. The number of nitrogens with zero attached hydrogens (tertiary/aromatic N) is 1. The van der Waals surface area contributed by atoms with Crippen LogP contribution in [0.1, 0.15) is 22.3 Å². The Hall–Kier alpha value is -1.66. The second kappa shape index (κ2) is 8.44. The fourth-order valence-corrected chi connectivity index (χ4v) is 1.58. The van der Waals surface area contributed by atoms with Crippen molar-refractivity contribution >= 4 is 24.0 Å². The number of amides is 1. The fraction of sp³-hybridized carbons (Fsp3) is 0.417. The summed E-state index contributed by atoms with van der Waals surface area (Å²) in [6, 6.07) is 4.24. The van der Waals surface area contributed by atoms with Gasteiger partial charge in [0, 0.05) is 24.2 Å². The van der Waals surface area contributed by atoms with Crippen LogP contribution in [-0.2, 0) is 0 Å². The second-order valence-corrected chi connectivity index (χ2v) is 3.97. The maximum Gasteiger partial charge on any atom is 0.269 e. The summed E-state index contributed by atoms with van der Waals surface area (Å²) >= 11 is 0. The Bertz CT molecular complexity index is 452. The zero-order valence-electron chi connectivity index (χ0n) is 10.9. The largest absolute Gasteiger partial charge is 0.352 e. The lowest BCUT2D eigenvalue weighted by Crippen LogP contribution is -2.27. The number of hydrogen-bond donors (Lipinski definition) is 2. The van der Waals surface area contributed by atoms with Gasteiger partial charge in [0.15, 0.2) is 0 Å². The molecule has 0 radical (unpaired) electrons. The number of benzene rings is 1. The molecule has 1 aromatic rings. The molecular formula is C12H18ClN3O3. The topological polar surface area (TPSA) is 84.3 Å². The second-order valence-electron chi connectivity index (χ2n) is 3.97. The number of nitrogens with one attached hydrogen (secondary N) is 2. The van der Waals surface area contributed by atoms with Crippen molar-refractivity contribution in [2.75, 3.05) is 20.1 Å². The summed E-state index contributed by atoms with van der Waals surface area (Å²) < 4.78 is 0. The monoisotopic (exact) mass is 287 g/mol. The molecule has 7 heteroatoms. The van der Waals surface area contributed by atoms with E-state index in [1.54, 1.807) is 6.92 Å². The number of carbonyl (C=O) groups excluding carboxylic acids is 1. The van der Waals surface area contributed by atoms with E-state index < -0.39 is 4.92 Å².